The van der Waals surface area contributed by atoms with Gasteiger partial charge in [-0.25, -0.2) is 0 Å². The molecule has 5 nitrogen and oxygen atoms in total. The van der Waals surface area contributed by atoms with Crippen LogP contribution in [0.1, 0.15) is 12.8 Å². The Balaban J connectivity index is -0.000000405. The van der Waals surface area contributed by atoms with Gasteiger partial charge in [0.25, 0.3) is 0 Å². The van der Waals surface area contributed by atoms with Crippen molar-refractivity contribution in [2.75, 3.05) is 0 Å². The Labute approximate surface area is 106 Å². The molecule has 1 atom stereocenters. The van der Waals surface area contributed by atoms with Gasteiger partial charge in [0.2, 0.25) is 0 Å². The van der Waals surface area contributed by atoms with Crippen LogP contribution >= 0.6 is 12.4 Å². The molecule has 0 bridgehead atoms. The molecule has 0 saturated heterocycles. The Hall–Kier alpha value is 0.450. The van der Waals surface area contributed by atoms with E-state index in [1.807, 2.05) is 0 Å². The normalized spacial score (nSPS) is 10.4. The molecule has 0 spiro atoms. The molecule has 0 amide bonds. The smallest absolute Gasteiger partial charge is 0.550 e. The number of carbonyl (C=O) groups excluding carboxylic acids is 2. The molecule has 0 aliphatic heterocycles. The van der Waals surface area contributed by atoms with Crippen LogP contribution in [-0.2, 0) is 9.59 Å². The van der Waals surface area contributed by atoms with Crippen molar-refractivity contribution in [3.8, 4) is 0 Å². The van der Waals surface area contributed by atoms with Gasteiger partial charge in [-0.3, -0.25) is 0 Å². The molecule has 0 fully saturated rings. The van der Waals surface area contributed by atoms with E-state index in [2.05, 4.69) is 0 Å². The van der Waals surface area contributed by atoms with Gasteiger partial charge >= 0.3 is 37.7 Å². The van der Waals surface area contributed by atoms with E-state index in [4.69, 9.17) is 5.73 Å². The zero-order valence-electron chi connectivity index (χ0n) is 6.32. The van der Waals surface area contributed by atoms with Crippen LogP contribution in [0.4, 0.5) is 0 Å². The standard InChI is InChI=1S/C5H9NO4.Ca.ClH/c6-3(5(9)10)1-2-4(7)8;;/h3H,1-2,6H2,(H,7,8)(H,9,10);;1H/q;+2;/p-2/t3-;;/m1../s1. The summed E-state index contributed by atoms with van der Waals surface area (Å²) < 4.78 is 0. The van der Waals surface area contributed by atoms with Gasteiger partial charge in [-0.1, -0.05) is 0 Å². The number of hydrogen-bond acceptors (Lipinski definition) is 5. The van der Waals surface area contributed by atoms with E-state index in [1.165, 1.54) is 0 Å². The van der Waals surface area contributed by atoms with Gasteiger partial charge < -0.3 is 25.5 Å². The van der Waals surface area contributed by atoms with Crippen molar-refractivity contribution in [1.82, 2.24) is 0 Å². The van der Waals surface area contributed by atoms with Crippen molar-refractivity contribution in [3.63, 3.8) is 0 Å². The van der Waals surface area contributed by atoms with Crippen LogP contribution in [0.5, 0.6) is 0 Å². The third-order valence-corrected chi connectivity index (χ3v) is 0.962. The van der Waals surface area contributed by atoms with E-state index in [1.54, 1.807) is 0 Å². The number of hydrogen-bond donors (Lipinski definition) is 1. The second-order valence-corrected chi connectivity index (χ2v) is 1.84. The summed E-state index contributed by atoms with van der Waals surface area (Å²) in [5.41, 5.74) is 4.91. The Morgan fingerprint density at radius 3 is 2.00 bits per heavy atom. The summed E-state index contributed by atoms with van der Waals surface area (Å²) in [4.78, 5) is 19.6. The number of carboxylic acid groups (broad SMARTS) is 2. The second-order valence-electron chi connectivity index (χ2n) is 1.84. The summed E-state index contributed by atoms with van der Waals surface area (Å²) in [6.07, 6.45) is -0.500. The maximum atomic E-state index is 9.86. The van der Waals surface area contributed by atoms with Crippen molar-refractivity contribution in [2.45, 2.75) is 18.9 Å². The molecule has 0 radical (unpaired) electrons. The molecule has 66 valence electrons. The maximum Gasteiger partial charge on any atom is 2.00 e. The third kappa shape index (κ3) is 10.4. The Bertz CT molecular complexity index is 154. The quantitative estimate of drug-likeness (QED) is 0.499. The first-order valence-corrected chi connectivity index (χ1v) is 2.70. The van der Waals surface area contributed by atoms with Crippen molar-refractivity contribution < 1.29 is 19.8 Å². The summed E-state index contributed by atoms with van der Waals surface area (Å²) in [6, 6.07) is -1.21. The van der Waals surface area contributed by atoms with Gasteiger partial charge in [0.05, 0.1) is 5.97 Å². The molecule has 0 aliphatic carbocycles. The Morgan fingerprint density at radius 2 is 1.75 bits per heavy atom. The van der Waals surface area contributed by atoms with E-state index < -0.39 is 18.0 Å². The summed E-state index contributed by atoms with van der Waals surface area (Å²) in [5.74, 6) is -2.75. The van der Waals surface area contributed by atoms with E-state index in [0.717, 1.165) is 0 Å². The number of aliphatic carboxylic acids is 2. The first kappa shape index (κ1) is 18.3. The van der Waals surface area contributed by atoms with Gasteiger partial charge in [0, 0.05) is 12.0 Å². The molecule has 0 heterocycles. The van der Waals surface area contributed by atoms with E-state index in [9.17, 15) is 19.8 Å². The number of rotatable bonds is 4. The van der Waals surface area contributed by atoms with Crippen molar-refractivity contribution in [2.24, 2.45) is 5.73 Å². The fourth-order valence-electron chi connectivity index (χ4n) is 0.391. The van der Waals surface area contributed by atoms with Crippen LogP contribution in [-0.4, -0.2) is 55.7 Å². The zero-order valence-corrected chi connectivity index (χ0v) is 9.34. The van der Waals surface area contributed by atoms with Crippen molar-refractivity contribution in [1.29, 1.82) is 0 Å². The van der Waals surface area contributed by atoms with Crippen LogP contribution in [0.15, 0.2) is 0 Å². The monoisotopic (exact) mass is 221 g/mol. The summed E-state index contributed by atoms with van der Waals surface area (Å²) >= 11 is 0. The molecule has 2 N–H and O–H groups in total. The zero-order chi connectivity index (χ0) is 8.15. The van der Waals surface area contributed by atoms with Crippen LogP contribution in [0.25, 0.3) is 0 Å². The minimum absolute atomic E-state index is 0. The predicted octanol–water partition coefficient (Wildman–Crippen LogP) is -3.37. The molecular weight excluding hydrogens is 214 g/mol. The van der Waals surface area contributed by atoms with E-state index in [-0.39, 0.29) is 63.0 Å². The predicted molar refractivity (Wildman–Crippen MR) is 40.2 cm³/mol. The Morgan fingerprint density at radius 1 is 1.33 bits per heavy atom. The summed E-state index contributed by atoms with van der Waals surface area (Å²) in [6.45, 7) is 0. The minimum atomic E-state index is -1.44. The third-order valence-electron chi connectivity index (χ3n) is 0.962. The van der Waals surface area contributed by atoms with Gasteiger partial charge in [-0.15, -0.1) is 12.4 Å². The van der Waals surface area contributed by atoms with Gasteiger partial charge in [-0.05, 0) is 12.8 Å². The topological polar surface area (TPSA) is 106 Å². The van der Waals surface area contributed by atoms with Crippen LogP contribution in [0.3, 0.4) is 0 Å². The molecule has 0 rings (SSSR count). The molecule has 7 heteroatoms. The van der Waals surface area contributed by atoms with E-state index in [0.29, 0.717) is 0 Å². The fourth-order valence-corrected chi connectivity index (χ4v) is 0.391. The van der Waals surface area contributed by atoms with Gasteiger partial charge in [-0.2, -0.15) is 0 Å². The molecule has 0 aromatic rings. The van der Waals surface area contributed by atoms with Crippen molar-refractivity contribution in [3.05, 3.63) is 0 Å². The first-order chi connectivity index (χ1) is 4.54. The molecule has 12 heavy (non-hydrogen) atoms. The summed E-state index contributed by atoms with van der Waals surface area (Å²) in [5, 5.41) is 19.6. The summed E-state index contributed by atoms with van der Waals surface area (Å²) in [7, 11) is 0. The average molecular weight is 222 g/mol. The van der Waals surface area contributed by atoms with Crippen molar-refractivity contribution >= 4 is 62.1 Å². The molecule has 0 aromatic heterocycles. The minimum Gasteiger partial charge on any atom is -0.550 e. The Kier molecular flexibility index (Phi) is 14.5. The fraction of sp³-hybridized carbons (Fsp3) is 0.600. The molecular formula is C5H8CaClNO4. The molecule has 0 aliphatic rings. The van der Waals surface area contributed by atoms with Crippen LogP contribution in [0, 0.1) is 0 Å². The van der Waals surface area contributed by atoms with Gasteiger partial charge in [0.15, 0.2) is 0 Å². The number of halogens is 1. The number of carboxylic acids is 2. The van der Waals surface area contributed by atoms with E-state index >= 15 is 0 Å². The largest absolute Gasteiger partial charge is 2.00 e. The molecule has 0 aromatic carbocycles. The number of carbonyl (C=O) groups is 2. The van der Waals surface area contributed by atoms with Crippen LogP contribution in [0.2, 0.25) is 0 Å². The maximum absolute atomic E-state index is 9.86. The molecule has 0 unspecified atom stereocenters. The average Bonchev–Trinajstić information content (AvgIpc) is 1.82. The molecule has 0 saturated carbocycles. The number of nitrogens with two attached hydrogens (primary N) is 1. The SMILES string of the molecule is Cl.N[C@H](CCC(=O)[O-])C(=O)[O-].[Ca+2]. The van der Waals surface area contributed by atoms with Crippen LogP contribution < -0.4 is 15.9 Å². The second kappa shape index (κ2) is 9.54. The van der Waals surface area contributed by atoms with Gasteiger partial charge in [0.1, 0.15) is 0 Å². The first-order valence-electron chi connectivity index (χ1n) is 2.70.